The Morgan fingerprint density at radius 3 is 2.52 bits per heavy atom. The van der Waals surface area contributed by atoms with E-state index in [0.717, 1.165) is 18.3 Å². The molecular weight excluding hydrogens is 429 g/mol. The van der Waals surface area contributed by atoms with E-state index in [1.807, 2.05) is 19.0 Å². The van der Waals surface area contributed by atoms with Crippen LogP contribution >= 0.6 is 24.0 Å². The molecule has 0 spiro atoms. The number of benzene rings is 1. The maximum Gasteiger partial charge on any atom is 0.194 e. The highest BCUT2D eigenvalue weighted by Gasteiger charge is 2.10. The zero-order valence-corrected chi connectivity index (χ0v) is 18.1. The quantitative estimate of drug-likeness (QED) is 0.423. The van der Waals surface area contributed by atoms with Crippen LogP contribution in [0, 0.1) is 6.92 Å². The Labute approximate surface area is 167 Å². The van der Waals surface area contributed by atoms with Crippen LogP contribution in [-0.4, -0.2) is 53.8 Å². The average Bonchev–Trinajstić information content (AvgIpc) is 2.94. The van der Waals surface area contributed by atoms with Gasteiger partial charge in [0, 0.05) is 47.5 Å². The van der Waals surface area contributed by atoms with E-state index < -0.39 is 0 Å². The van der Waals surface area contributed by atoms with Gasteiger partial charge in [-0.1, -0.05) is 6.07 Å². The largest absolute Gasteiger partial charge is 0.378 e. The summed E-state index contributed by atoms with van der Waals surface area (Å²) in [6.07, 6.45) is 1.56. The third-order valence-corrected chi connectivity index (χ3v) is 4.04. The molecular formula is C17H28IN7. The Balaban J connectivity index is 0.00000312. The number of rotatable bonds is 5. The van der Waals surface area contributed by atoms with Crippen LogP contribution in [0.5, 0.6) is 0 Å². The fourth-order valence-corrected chi connectivity index (χ4v) is 2.47. The molecule has 0 amide bonds. The molecule has 0 aliphatic heterocycles. The highest BCUT2D eigenvalue weighted by molar-refractivity contribution is 14.0. The molecule has 8 heteroatoms. The first kappa shape index (κ1) is 21.2. The van der Waals surface area contributed by atoms with E-state index in [4.69, 9.17) is 0 Å². The monoisotopic (exact) mass is 457 g/mol. The van der Waals surface area contributed by atoms with Crippen LogP contribution in [0.15, 0.2) is 29.5 Å². The molecule has 1 aromatic carbocycles. The number of aromatic nitrogens is 3. The number of halogens is 1. The second-order valence-electron chi connectivity index (χ2n) is 6.06. The minimum atomic E-state index is 0. The summed E-state index contributed by atoms with van der Waals surface area (Å²) in [5.74, 6) is 1.72. The summed E-state index contributed by atoms with van der Waals surface area (Å²) in [4.78, 5) is 12.8. The Hall–Kier alpha value is -1.84. The van der Waals surface area contributed by atoms with Gasteiger partial charge in [0.1, 0.15) is 12.2 Å². The number of aryl methyl sites for hydroxylation is 2. The summed E-state index contributed by atoms with van der Waals surface area (Å²) in [7, 11) is 9.78. The summed E-state index contributed by atoms with van der Waals surface area (Å²) < 4.78 is 1.77. The van der Waals surface area contributed by atoms with Gasteiger partial charge in [0.2, 0.25) is 0 Å². The number of anilines is 1. The first-order valence-corrected chi connectivity index (χ1v) is 7.94. The third kappa shape index (κ3) is 5.58. The van der Waals surface area contributed by atoms with Crippen LogP contribution in [0.2, 0.25) is 0 Å². The maximum atomic E-state index is 4.35. The molecule has 0 bridgehead atoms. The summed E-state index contributed by atoms with van der Waals surface area (Å²) in [6.45, 7) is 3.51. The van der Waals surface area contributed by atoms with Gasteiger partial charge in [0.15, 0.2) is 5.96 Å². The predicted octanol–water partition coefficient (Wildman–Crippen LogP) is 2.01. The average molecular weight is 457 g/mol. The zero-order valence-electron chi connectivity index (χ0n) is 15.8. The topological polar surface area (TPSA) is 61.6 Å². The molecule has 0 atom stereocenters. The van der Waals surface area contributed by atoms with E-state index in [9.17, 15) is 0 Å². The third-order valence-electron chi connectivity index (χ3n) is 4.04. The molecule has 0 fully saturated rings. The van der Waals surface area contributed by atoms with E-state index >= 15 is 0 Å². The molecule has 7 nitrogen and oxygen atoms in total. The van der Waals surface area contributed by atoms with Crippen molar-refractivity contribution >= 4 is 35.6 Å². The number of nitrogens with one attached hydrogen (secondary N) is 1. The molecule has 0 radical (unpaired) electrons. The van der Waals surface area contributed by atoms with Crippen molar-refractivity contribution in [3.8, 4) is 0 Å². The standard InChI is InChI=1S/C17H27N7.HI/c1-13-9-15(22(3)4)8-7-14(13)10-19-17(18-2)23(5)11-16-20-12-21-24(16)6;/h7-9,12H,10-11H2,1-6H3,(H,18,19);1H. The zero-order chi connectivity index (χ0) is 17.7. The summed E-state index contributed by atoms with van der Waals surface area (Å²) in [5, 5.41) is 7.51. The molecule has 1 aromatic heterocycles. The lowest BCUT2D eigenvalue weighted by molar-refractivity contribution is 0.448. The van der Waals surface area contributed by atoms with E-state index in [0.29, 0.717) is 6.54 Å². The number of guanidine groups is 1. The SMILES string of the molecule is CN=C(NCc1ccc(N(C)C)cc1C)N(C)Cc1ncnn1C.I. The molecule has 0 aliphatic carbocycles. The molecule has 25 heavy (non-hydrogen) atoms. The van der Waals surface area contributed by atoms with Gasteiger partial charge >= 0.3 is 0 Å². The minimum absolute atomic E-state index is 0. The van der Waals surface area contributed by atoms with Crippen molar-refractivity contribution in [2.75, 3.05) is 33.1 Å². The number of nitrogens with zero attached hydrogens (tertiary/aromatic N) is 6. The van der Waals surface area contributed by atoms with Crippen LogP contribution in [-0.2, 0) is 20.1 Å². The van der Waals surface area contributed by atoms with Crippen molar-refractivity contribution in [1.29, 1.82) is 0 Å². The van der Waals surface area contributed by atoms with Gasteiger partial charge in [-0.25, -0.2) is 4.98 Å². The fourth-order valence-electron chi connectivity index (χ4n) is 2.47. The Morgan fingerprint density at radius 1 is 1.28 bits per heavy atom. The van der Waals surface area contributed by atoms with Gasteiger partial charge in [0.25, 0.3) is 0 Å². The smallest absolute Gasteiger partial charge is 0.194 e. The second kappa shape index (κ2) is 9.59. The van der Waals surface area contributed by atoms with Crippen molar-refractivity contribution in [3.63, 3.8) is 0 Å². The molecule has 0 unspecified atom stereocenters. The van der Waals surface area contributed by atoms with Crippen LogP contribution in [0.3, 0.4) is 0 Å². The van der Waals surface area contributed by atoms with Gasteiger partial charge in [-0.05, 0) is 30.2 Å². The maximum absolute atomic E-state index is 4.35. The Morgan fingerprint density at radius 2 is 2.00 bits per heavy atom. The first-order chi connectivity index (χ1) is 11.4. The van der Waals surface area contributed by atoms with Gasteiger partial charge in [0.05, 0.1) is 6.54 Å². The molecule has 0 aliphatic rings. The van der Waals surface area contributed by atoms with Gasteiger partial charge in [-0.2, -0.15) is 5.10 Å². The van der Waals surface area contributed by atoms with Crippen molar-refractivity contribution in [2.45, 2.75) is 20.0 Å². The van der Waals surface area contributed by atoms with Gasteiger partial charge in [-0.15, -0.1) is 24.0 Å². The van der Waals surface area contributed by atoms with Crippen LogP contribution in [0.4, 0.5) is 5.69 Å². The van der Waals surface area contributed by atoms with E-state index in [1.54, 1.807) is 18.1 Å². The van der Waals surface area contributed by atoms with Crippen molar-refractivity contribution in [1.82, 2.24) is 25.0 Å². The Kier molecular flexibility index (Phi) is 8.14. The van der Waals surface area contributed by atoms with Gasteiger partial charge in [-0.3, -0.25) is 9.67 Å². The second-order valence-corrected chi connectivity index (χ2v) is 6.06. The van der Waals surface area contributed by atoms with Crippen molar-refractivity contribution in [2.24, 2.45) is 12.0 Å². The van der Waals surface area contributed by atoms with E-state index in [1.165, 1.54) is 16.8 Å². The summed E-state index contributed by atoms with van der Waals surface area (Å²) >= 11 is 0. The number of hydrogen-bond donors (Lipinski definition) is 1. The van der Waals surface area contributed by atoms with E-state index in [2.05, 4.69) is 64.5 Å². The van der Waals surface area contributed by atoms with Gasteiger partial charge < -0.3 is 15.1 Å². The van der Waals surface area contributed by atoms with E-state index in [-0.39, 0.29) is 24.0 Å². The summed E-state index contributed by atoms with van der Waals surface area (Å²) in [6, 6.07) is 6.49. The van der Waals surface area contributed by atoms with Crippen LogP contribution < -0.4 is 10.2 Å². The molecule has 0 saturated heterocycles. The molecule has 1 heterocycles. The fraction of sp³-hybridized carbons (Fsp3) is 0.471. The van der Waals surface area contributed by atoms with Crippen LogP contribution in [0.1, 0.15) is 17.0 Å². The highest BCUT2D eigenvalue weighted by Crippen LogP contribution is 2.17. The molecule has 1 N–H and O–H groups in total. The molecule has 2 aromatic rings. The van der Waals surface area contributed by atoms with Crippen molar-refractivity contribution < 1.29 is 0 Å². The summed E-state index contributed by atoms with van der Waals surface area (Å²) in [5.41, 5.74) is 3.73. The van der Waals surface area contributed by atoms with Crippen LogP contribution in [0.25, 0.3) is 0 Å². The molecule has 0 saturated carbocycles. The Bertz CT molecular complexity index is 709. The number of aliphatic imine (C=N–C) groups is 1. The minimum Gasteiger partial charge on any atom is -0.378 e. The first-order valence-electron chi connectivity index (χ1n) is 7.94. The van der Waals surface area contributed by atoms with Crippen molar-refractivity contribution in [3.05, 3.63) is 41.5 Å². The normalized spacial score (nSPS) is 11.0. The lowest BCUT2D eigenvalue weighted by Gasteiger charge is -2.22. The highest BCUT2D eigenvalue weighted by atomic mass is 127. The lowest BCUT2D eigenvalue weighted by Crippen LogP contribution is -2.38. The predicted molar refractivity (Wildman–Crippen MR) is 114 cm³/mol. The molecule has 138 valence electrons. The number of hydrogen-bond acceptors (Lipinski definition) is 4. The lowest BCUT2D eigenvalue weighted by atomic mass is 10.1. The molecule has 2 rings (SSSR count).